The zero-order chi connectivity index (χ0) is 18.3. The molecule has 0 saturated carbocycles. The average molecular weight is 371 g/mol. The van der Waals surface area contributed by atoms with Gasteiger partial charge in [-0.25, -0.2) is 0 Å². The van der Waals surface area contributed by atoms with Crippen LogP contribution in [0.5, 0.6) is 0 Å². The Morgan fingerprint density at radius 1 is 1.38 bits per heavy atom. The van der Waals surface area contributed by atoms with E-state index in [1.165, 1.54) is 23.7 Å². The van der Waals surface area contributed by atoms with Crippen LogP contribution in [0, 0.1) is 5.92 Å². The van der Waals surface area contributed by atoms with E-state index in [9.17, 15) is 9.59 Å². The molecule has 3 aromatic heterocycles. The average Bonchev–Trinajstić information content (AvgIpc) is 3.32. The SMILES string of the molecule is CC1CCc2c(sc(NC(=O)c3cc(-c4ccco4)on3)c2C(N)=O)C1. The number of primary amides is 1. The van der Waals surface area contributed by atoms with E-state index in [4.69, 9.17) is 14.7 Å². The van der Waals surface area contributed by atoms with Gasteiger partial charge in [-0.3, -0.25) is 9.59 Å². The zero-order valence-corrected chi connectivity index (χ0v) is 14.9. The molecule has 4 rings (SSSR count). The van der Waals surface area contributed by atoms with Gasteiger partial charge in [0.15, 0.2) is 11.5 Å². The Bertz CT molecular complexity index is 971. The third-order valence-corrected chi connectivity index (χ3v) is 5.66. The zero-order valence-electron chi connectivity index (χ0n) is 14.1. The van der Waals surface area contributed by atoms with E-state index in [1.807, 2.05) is 0 Å². The van der Waals surface area contributed by atoms with Crippen molar-refractivity contribution in [3.8, 4) is 11.5 Å². The molecule has 134 valence electrons. The predicted molar refractivity (Wildman–Crippen MR) is 96.2 cm³/mol. The minimum absolute atomic E-state index is 0.103. The first-order valence-electron chi connectivity index (χ1n) is 8.29. The van der Waals surface area contributed by atoms with Gasteiger partial charge in [0.2, 0.25) is 5.76 Å². The van der Waals surface area contributed by atoms with Crippen LogP contribution in [-0.2, 0) is 12.8 Å². The molecule has 0 bridgehead atoms. The molecule has 3 aromatic rings. The van der Waals surface area contributed by atoms with Gasteiger partial charge in [-0.1, -0.05) is 12.1 Å². The van der Waals surface area contributed by atoms with Crippen LogP contribution >= 0.6 is 11.3 Å². The number of aromatic nitrogens is 1. The number of anilines is 1. The second-order valence-corrected chi connectivity index (χ2v) is 7.53. The van der Waals surface area contributed by atoms with Crippen LogP contribution in [0.1, 0.15) is 44.6 Å². The van der Waals surface area contributed by atoms with E-state index in [0.29, 0.717) is 28.0 Å². The number of nitrogens with zero attached hydrogens (tertiary/aromatic N) is 1. The standard InChI is InChI=1S/C18H17N3O4S/c1-9-4-5-10-14(7-9)26-18(15(10)16(19)22)20-17(23)11-8-13(25-21-11)12-3-2-6-24-12/h2-3,6,8-9H,4-5,7H2,1H3,(H2,19,22)(H,20,23). The number of nitrogens with one attached hydrogen (secondary N) is 1. The highest BCUT2D eigenvalue weighted by Crippen LogP contribution is 2.39. The fourth-order valence-electron chi connectivity index (χ4n) is 3.18. The second kappa shape index (κ2) is 6.45. The number of nitrogens with two attached hydrogens (primary N) is 1. The van der Waals surface area contributed by atoms with Gasteiger partial charge in [-0.05, 0) is 42.9 Å². The molecule has 2 amide bonds. The van der Waals surface area contributed by atoms with Crippen LogP contribution in [0.2, 0.25) is 0 Å². The number of rotatable bonds is 4. The lowest BCUT2D eigenvalue weighted by molar-refractivity contribution is 0.1000. The molecular formula is C18H17N3O4S. The normalized spacial score (nSPS) is 16.3. The van der Waals surface area contributed by atoms with Gasteiger partial charge < -0.3 is 20.0 Å². The smallest absolute Gasteiger partial charge is 0.278 e. The number of amides is 2. The molecule has 1 atom stereocenters. The van der Waals surface area contributed by atoms with Crippen LogP contribution in [-0.4, -0.2) is 17.0 Å². The number of hydrogen-bond donors (Lipinski definition) is 2. The molecule has 0 fully saturated rings. The Balaban J connectivity index is 1.61. The summed E-state index contributed by atoms with van der Waals surface area (Å²) in [5, 5.41) is 7.02. The molecule has 1 aliphatic rings. The molecule has 3 N–H and O–H groups in total. The van der Waals surface area contributed by atoms with Crippen molar-refractivity contribution in [2.24, 2.45) is 11.7 Å². The fourth-order valence-corrected chi connectivity index (χ4v) is 4.59. The quantitative estimate of drug-likeness (QED) is 0.729. The molecule has 0 aromatic carbocycles. The van der Waals surface area contributed by atoms with Crippen LogP contribution in [0.4, 0.5) is 5.00 Å². The van der Waals surface area contributed by atoms with Gasteiger partial charge in [0, 0.05) is 10.9 Å². The molecule has 0 spiro atoms. The molecule has 0 aliphatic heterocycles. The van der Waals surface area contributed by atoms with Crippen molar-refractivity contribution < 1.29 is 18.5 Å². The number of thiophene rings is 1. The number of carbonyl (C=O) groups is 2. The van der Waals surface area contributed by atoms with Crippen molar-refractivity contribution in [1.82, 2.24) is 5.16 Å². The van der Waals surface area contributed by atoms with Crippen LogP contribution < -0.4 is 11.1 Å². The van der Waals surface area contributed by atoms with Crippen molar-refractivity contribution >= 4 is 28.2 Å². The number of furan rings is 1. The number of hydrogen-bond acceptors (Lipinski definition) is 6. The first-order chi connectivity index (χ1) is 12.5. The van der Waals surface area contributed by atoms with Gasteiger partial charge in [-0.2, -0.15) is 0 Å². The molecule has 1 unspecified atom stereocenters. The van der Waals surface area contributed by atoms with Crippen molar-refractivity contribution in [2.45, 2.75) is 26.2 Å². The summed E-state index contributed by atoms with van der Waals surface area (Å²) >= 11 is 1.41. The Morgan fingerprint density at radius 3 is 2.96 bits per heavy atom. The Labute approximate surface area is 153 Å². The summed E-state index contributed by atoms with van der Waals surface area (Å²) in [4.78, 5) is 25.6. The largest absolute Gasteiger partial charge is 0.461 e. The van der Waals surface area contributed by atoms with Crippen molar-refractivity contribution in [2.75, 3.05) is 5.32 Å². The third-order valence-electron chi connectivity index (χ3n) is 4.49. The molecule has 7 nitrogen and oxygen atoms in total. The summed E-state index contributed by atoms with van der Waals surface area (Å²) in [5.74, 6) is 0.408. The van der Waals surface area contributed by atoms with Gasteiger partial charge in [-0.15, -0.1) is 11.3 Å². The summed E-state index contributed by atoms with van der Waals surface area (Å²) < 4.78 is 10.4. The maximum Gasteiger partial charge on any atom is 0.278 e. The maximum absolute atomic E-state index is 12.5. The third kappa shape index (κ3) is 2.92. The molecule has 8 heteroatoms. The summed E-state index contributed by atoms with van der Waals surface area (Å²) in [6.07, 6.45) is 4.21. The van der Waals surface area contributed by atoms with Crippen LogP contribution in [0.3, 0.4) is 0 Å². The van der Waals surface area contributed by atoms with Crippen molar-refractivity contribution in [3.05, 3.63) is 46.2 Å². The van der Waals surface area contributed by atoms with Crippen molar-refractivity contribution in [3.63, 3.8) is 0 Å². The van der Waals surface area contributed by atoms with Crippen LogP contribution in [0.15, 0.2) is 33.4 Å². The minimum Gasteiger partial charge on any atom is -0.461 e. The van der Waals surface area contributed by atoms with Gasteiger partial charge in [0.25, 0.3) is 11.8 Å². The van der Waals surface area contributed by atoms with Crippen LogP contribution in [0.25, 0.3) is 11.5 Å². The lowest BCUT2D eigenvalue weighted by Gasteiger charge is -2.18. The number of fused-ring (bicyclic) bond motifs is 1. The van der Waals surface area contributed by atoms with Gasteiger partial charge >= 0.3 is 0 Å². The molecule has 3 heterocycles. The molecule has 0 radical (unpaired) electrons. The fraction of sp³-hybridized carbons (Fsp3) is 0.278. The van der Waals surface area contributed by atoms with E-state index in [1.54, 1.807) is 12.1 Å². The monoisotopic (exact) mass is 371 g/mol. The Kier molecular flexibility index (Phi) is 4.12. The summed E-state index contributed by atoms with van der Waals surface area (Å²) in [7, 11) is 0. The Hall–Kier alpha value is -2.87. The highest BCUT2D eigenvalue weighted by atomic mass is 32.1. The van der Waals surface area contributed by atoms with Gasteiger partial charge in [0.1, 0.15) is 5.00 Å². The summed E-state index contributed by atoms with van der Waals surface area (Å²) in [6.45, 7) is 2.18. The molecule has 1 aliphatic carbocycles. The lowest BCUT2D eigenvalue weighted by Crippen LogP contribution is -2.19. The van der Waals surface area contributed by atoms with Crippen molar-refractivity contribution in [1.29, 1.82) is 0 Å². The van der Waals surface area contributed by atoms with E-state index in [2.05, 4.69) is 17.4 Å². The van der Waals surface area contributed by atoms with E-state index >= 15 is 0 Å². The van der Waals surface area contributed by atoms with E-state index < -0.39 is 11.8 Å². The summed E-state index contributed by atoms with van der Waals surface area (Å²) in [5.41, 5.74) is 7.06. The minimum atomic E-state index is -0.524. The first kappa shape index (κ1) is 16.6. The van der Waals surface area contributed by atoms with E-state index in [-0.39, 0.29) is 5.69 Å². The lowest BCUT2D eigenvalue weighted by atomic mass is 9.88. The summed E-state index contributed by atoms with van der Waals surface area (Å²) in [6, 6.07) is 4.92. The predicted octanol–water partition coefficient (Wildman–Crippen LogP) is 3.47. The molecule has 0 saturated heterocycles. The Morgan fingerprint density at radius 2 is 2.23 bits per heavy atom. The molecular weight excluding hydrogens is 354 g/mol. The van der Waals surface area contributed by atoms with Gasteiger partial charge in [0.05, 0.1) is 11.8 Å². The highest BCUT2D eigenvalue weighted by Gasteiger charge is 2.28. The van der Waals surface area contributed by atoms with E-state index in [0.717, 1.165) is 29.7 Å². The maximum atomic E-state index is 12.5. The second-order valence-electron chi connectivity index (χ2n) is 6.43. The first-order valence-corrected chi connectivity index (χ1v) is 9.11. The molecule has 26 heavy (non-hydrogen) atoms. The topological polar surface area (TPSA) is 111 Å². The number of carbonyl (C=O) groups excluding carboxylic acids is 2. The highest BCUT2D eigenvalue weighted by molar-refractivity contribution is 7.17.